The summed E-state index contributed by atoms with van der Waals surface area (Å²) < 4.78 is 0. The highest BCUT2D eigenvalue weighted by Crippen LogP contribution is 2.50. The number of nitrogens with zero attached hydrogens (tertiary/aromatic N) is 1. The van der Waals surface area contributed by atoms with Gasteiger partial charge in [-0.15, -0.1) is 0 Å². The molecule has 1 saturated carbocycles. The van der Waals surface area contributed by atoms with Crippen molar-refractivity contribution in [2.45, 2.75) is 39.5 Å². The number of nitrogens with one attached hydrogen (secondary N) is 1. The van der Waals surface area contributed by atoms with Gasteiger partial charge in [0.2, 0.25) is 0 Å². The number of rotatable bonds is 2. The van der Waals surface area contributed by atoms with Gasteiger partial charge in [-0.05, 0) is 42.9 Å². The highest BCUT2D eigenvalue weighted by molar-refractivity contribution is 5.76. The predicted molar refractivity (Wildman–Crippen MR) is 72.3 cm³/mol. The fourth-order valence-electron chi connectivity index (χ4n) is 4.56. The second-order valence-corrected chi connectivity index (χ2v) is 6.85. The second kappa shape index (κ2) is 4.29. The van der Waals surface area contributed by atoms with E-state index >= 15 is 0 Å². The molecule has 0 aromatic heterocycles. The van der Waals surface area contributed by atoms with Gasteiger partial charge in [0.15, 0.2) is 0 Å². The molecule has 1 saturated heterocycles. The molecule has 2 aliphatic carbocycles. The van der Waals surface area contributed by atoms with Crippen molar-refractivity contribution in [1.82, 2.24) is 10.2 Å². The van der Waals surface area contributed by atoms with Crippen LogP contribution in [0.25, 0.3) is 0 Å². The van der Waals surface area contributed by atoms with Crippen LogP contribution in [0.5, 0.6) is 0 Å². The Labute approximate surface area is 110 Å². The van der Waals surface area contributed by atoms with Crippen molar-refractivity contribution in [3.05, 3.63) is 11.6 Å². The molecule has 2 amide bonds. The third kappa shape index (κ3) is 2.15. The van der Waals surface area contributed by atoms with Gasteiger partial charge < -0.3 is 10.2 Å². The summed E-state index contributed by atoms with van der Waals surface area (Å²) in [5, 5.41) is 2.92. The minimum atomic E-state index is 0.145. The molecule has 2 bridgehead atoms. The van der Waals surface area contributed by atoms with Crippen LogP contribution in [0.2, 0.25) is 0 Å². The van der Waals surface area contributed by atoms with E-state index in [0.29, 0.717) is 11.3 Å². The Morgan fingerprint density at radius 2 is 2.28 bits per heavy atom. The molecule has 100 valence electrons. The molecule has 0 aromatic rings. The Morgan fingerprint density at radius 1 is 1.44 bits per heavy atom. The lowest BCUT2D eigenvalue weighted by molar-refractivity contribution is 0.0954. The molecule has 1 N–H and O–H groups in total. The van der Waals surface area contributed by atoms with Crippen molar-refractivity contribution >= 4 is 6.03 Å². The molecule has 0 radical (unpaired) electrons. The Kier molecular flexibility index (Phi) is 2.87. The summed E-state index contributed by atoms with van der Waals surface area (Å²) in [6.07, 6.45) is 7.53. The fourth-order valence-corrected chi connectivity index (χ4v) is 4.56. The summed E-state index contributed by atoms with van der Waals surface area (Å²) in [6, 6.07) is 0.145. The third-order valence-electron chi connectivity index (χ3n) is 4.74. The monoisotopic (exact) mass is 248 g/mol. The van der Waals surface area contributed by atoms with Crippen LogP contribution >= 0.6 is 0 Å². The molecule has 18 heavy (non-hydrogen) atoms. The number of urea groups is 1. The number of carbonyl (C=O) groups excluding carboxylic acids is 1. The van der Waals surface area contributed by atoms with E-state index in [1.807, 2.05) is 4.90 Å². The zero-order valence-electron chi connectivity index (χ0n) is 11.5. The molecule has 2 fully saturated rings. The van der Waals surface area contributed by atoms with E-state index in [-0.39, 0.29) is 6.03 Å². The maximum absolute atomic E-state index is 11.8. The molecule has 3 heteroatoms. The Hall–Kier alpha value is -0.990. The first-order chi connectivity index (χ1) is 8.56. The minimum Gasteiger partial charge on any atom is -0.336 e. The number of fused-ring (bicyclic) bond motifs is 2. The lowest BCUT2D eigenvalue weighted by atomic mass is 9.61. The van der Waals surface area contributed by atoms with E-state index in [1.165, 1.54) is 25.7 Å². The van der Waals surface area contributed by atoms with Crippen molar-refractivity contribution in [3.8, 4) is 0 Å². The molecule has 3 unspecified atom stereocenters. The van der Waals surface area contributed by atoms with E-state index in [2.05, 4.69) is 25.2 Å². The molecule has 3 nitrogen and oxygen atoms in total. The standard InChI is InChI=1S/C15H24N2O/c1-11-5-13-6-12(2)8-15(7-11,9-13)10-17-4-3-16-14(17)18/h5,11-12H,3-4,6-10H2,1-2H3,(H,16,18). The van der Waals surface area contributed by atoms with Crippen molar-refractivity contribution in [3.63, 3.8) is 0 Å². The fraction of sp³-hybridized carbons (Fsp3) is 0.800. The van der Waals surface area contributed by atoms with Gasteiger partial charge in [0, 0.05) is 19.6 Å². The van der Waals surface area contributed by atoms with Crippen LogP contribution in [0.4, 0.5) is 4.79 Å². The normalized spacial score (nSPS) is 39.6. The summed E-state index contributed by atoms with van der Waals surface area (Å²) in [4.78, 5) is 13.8. The summed E-state index contributed by atoms with van der Waals surface area (Å²) in [5.41, 5.74) is 2.01. The van der Waals surface area contributed by atoms with Crippen LogP contribution in [-0.4, -0.2) is 30.6 Å². The van der Waals surface area contributed by atoms with Crippen molar-refractivity contribution < 1.29 is 4.79 Å². The molecule has 1 heterocycles. The molecule has 0 spiro atoms. The van der Waals surface area contributed by atoms with Gasteiger partial charge in [-0.1, -0.05) is 25.5 Å². The first-order valence-electron chi connectivity index (χ1n) is 7.29. The van der Waals surface area contributed by atoms with Crippen LogP contribution in [0.3, 0.4) is 0 Å². The van der Waals surface area contributed by atoms with E-state index in [1.54, 1.807) is 5.57 Å². The van der Waals surface area contributed by atoms with Gasteiger partial charge in [0.05, 0.1) is 0 Å². The van der Waals surface area contributed by atoms with Crippen LogP contribution in [0, 0.1) is 17.3 Å². The van der Waals surface area contributed by atoms with Gasteiger partial charge in [-0.2, -0.15) is 0 Å². The minimum absolute atomic E-state index is 0.145. The first kappa shape index (κ1) is 12.1. The number of carbonyl (C=O) groups is 1. The van der Waals surface area contributed by atoms with E-state index in [4.69, 9.17) is 0 Å². The summed E-state index contributed by atoms with van der Waals surface area (Å²) in [6.45, 7) is 7.37. The Balaban J connectivity index is 1.79. The zero-order valence-corrected chi connectivity index (χ0v) is 11.5. The number of allylic oxidation sites excluding steroid dienone is 2. The number of hydrogen-bond donors (Lipinski definition) is 1. The number of hydrogen-bond acceptors (Lipinski definition) is 1. The molecule has 1 aliphatic heterocycles. The van der Waals surface area contributed by atoms with Crippen LogP contribution in [-0.2, 0) is 0 Å². The molecule has 3 aliphatic rings. The van der Waals surface area contributed by atoms with Gasteiger partial charge >= 0.3 is 6.03 Å². The molecular formula is C15H24N2O. The summed E-state index contributed by atoms with van der Waals surface area (Å²) >= 11 is 0. The SMILES string of the molecule is CC1C=C2CC(C)CC(CN3CCNC3=O)(C2)C1. The maximum atomic E-state index is 11.8. The van der Waals surface area contributed by atoms with Crippen molar-refractivity contribution in [1.29, 1.82) is 0 Å². The van der Waals surface area contributed by atoms with Crippen molar-refractivity contribution in [2.24, 2.45) is 17.3 Å². The van der Waals surface area contributed by atoms with Crippen LogP contribution in [0.1, 0.15) is 39.5 Å². The topological polar surface area (TPSA) is 32.3 Å². The van der Waals surface area contributed by atoms with Gasteiger partial charge in [0.1, 0.15) is 0 Å². The highest BCUT2D eigenvalue weighted by atomic mass is 16.2. The average Bonchev–Trinajstić information content (AvgIpc) is 2.61. The van der Waals surface area contributed by atoms with Crippen molar-refractivity contribution in [2.75, 3.05) is 19.6 Å². The highest BCUT2D eigenvalue weighted by Gasteiger charge is 2.42. The Morgan fingerprint density at radius 3 is 3.00 bits per heavy atom. The van der Waals surface area contributed by atoms with Gasteiger partial charge in [-0.25, -0.2) is 4.79 Å². The van der Waals surface area contributed by atoms with Gasteiger partial charge in [0.25, 0.3) is 0 Å². The summed E-state index contributed by atoms with van der Waals surface area (Å²) in [7, 11) is 0. The molecule has 3 rings (SSSR count). The smallest absolute Gasteiger partial charge is 0.317 e. The van der Waals surface area contributed by atoms with E-state index in [9.17, 15) is 4.79 Å². The largest absolute Gasteiger partial charge is 0.336 e. The van der Waals surface area contributed by atoms with E-state index < -0.39 is 0 Å². The lowest BCUT2D eigenvalue weighted by Gasteiger charge is -2.47. The zero-order chi connectivity index (χ0) is 12.8. The average molecular weight is 248 g/mol. The Bertz CT molecular complexity index is 390. The summed E-state index contributed by atoms with van der Waals surface area (Å²) in [5.74, 6) is 1.47. The second-order valence-electron chi connectivity index (χ2n) is 6.85. The number of amides is 2. The first-order valence-corrected chi connectivity index (χ1v) is 7.29. The third-order valence-corrected chi connectivity index (χ3v) is 4.74. The molecular weight excluding hydrogens is 224 g/mol. The van der Waals surface area contributed by atoms with Crippen LogP contribution < -0.4 is 5.32 Å². The molecule has 3 atom stereocenters. The van der Waals surface area contributed by atoms with E-state index in [0.717, 1.165) is 25.6 Å². The lowest BCUT2D eigenvalue weighted by Crippen LogP contribution is -2.44. The van der Waals surface area contributed by atoms with Gasteiger partial charge in [-0.3, -0.25) is 0 Å². The predicted octanol–water partition coefficient (Wildman–Crippen LogP) is 2.78. The maximum Gasteiger partial charge on any atom is 0.317 e. The van der Waals surface area contributed by atoms with Crippen LogP contribution in [0.15, 0.2) is 11.6 Å². The quantitative estimate of drug-likeness (QED) is 0.749. The molecule has 0 aromatic carbocycles.